The van der Waals surface area contributed by atoms with Crippen molar-refractivity contribution in [1.29, 1.82) is 0 Å². The fraction of sp³-hybridized carbons (Fsp3) is 0.950. The van der Waals surface area contributed by atoms with Crippen LogP contribution in [-0.2, 0) is 9.53 Å². The molecule has 4 nitrogen and oxygen atoms in total. The Labute approximate surface area is 155 Å². The first-order chi connectivity index (χ1) is 12.4. The third-order valence-electron chi connectivity index (χ3n) is 7.25. The summed E-state index contributed by atoms with van der Waals surface area (Å²) in [5.74, 6) is -1.83. The molecular weight excluding hydrogens is 338 g/mol. The Balaban J connectivity index is 1.23. The molecule has 0 aromatic rings. The second-order valence-corrected chi connectivity index (χ2v) is 9.35. The number of alkyl halides is 2. The maximum absolute atomic E-state index is 13.0. The summed E-state index contributed by atoms with van der Waals surface area (Å²) in [4.78, 5) is 16.6. The minimum Gasteiger partial charge on any atom is -0.381 e. The summed E-state index contributed by atoms with van der Waals surface area (Å²) in [5.41, 5.74) is 0.0432. The Kier molecular flexibility index (Phi) is 5.01. The van der Waals surface area contributed by atoms with E-state index in [-0.39, 0.29) is 24.3 Å². The third-order valence-corrected chi connectivity index (χ3v) is 7.25. The number of ether oxygens (including phenoxy) is 1. The Morgan fingerprint density at radius 2 is 1.69 bits per heavy atom. The molecule has 0 unspecified atom stereocenters. The highest BCUT2D eigenvalue weighted by atomic mass is 19.3. The number of halogens is 2. The normalized spacial score (nSPS) is 31.8. The lowest BCUT2D eigenvalue weighted by atomic mass is 9.73. The summed E-state index contributed by atoms with van der Waals surface area (Å²) >= 11 is 0. The molecule has 4 fully saturated rings. The second-order valence-electron chi connectivity index (χ2n) is 9.35. The highest BCUT2D eigenvalue weighted by Crippen LogP contribution is 2.45. The summed E-state index contributed by atoms with van der Waals surface area (Å²) in [5, 5.41) is 0. The first-order valence-corrected chi connectivity index (χ1v) is 10.3. The van der Waals surface area contributed by atoms with E-state index in [1.165, 1.54) is 25.7 Å². The molecule has 2 saturated carbocycles. The van der Waals surface area contributed by atoms with E-state index < -0.39 is 11.8 Å². The molecule has 0 radical (unpaired) electrons. The lowest BCUT2D eigenvalue weighted by Gasteiger charge is -2.59. The van der Waals surface area contributed by atoms with Crippen molar-refractivity contribution >= 4 is 5.91 Å². The van der Waals surface area contributed by atoms with E-state index in [2.05, 4.69) is 11.9 Å². The van der Waals surface area contributed by atoms with Crippen molar-refractivity contribution < 1.29 is 18.3 Å². The average molecular weight is 370 g/mol. The summed E-state index contributed by atoms with van der Waals surface area (Å²) in [6.07, 6.45) is 7.00. The Morgan fingerprint density at radius 3 is 2.35 bits per heavy atom. The van der Waals surface area contributed by atoms with Gasteiger partial charge in [-0.05, 0) is 51.1 Å². The van der Waals surface area contributed by atoms with Gasteiger partial charge in [-0.3, -0.25) is 9.69 Å². The van der Waals surface area contributed by atoms with Gasteiger partial charge in [0.05, 0.1) is 5.54 Å². The molecule has 4 aliphatic rings. The van der Waals surface area contributed by atoms with Gasteiger partial charge in [-0.15, -0.1) is 0 Å². The van der Waals surface area contributed by atoms with E-state index in [4.69, 9.17) is 4.74 Å². The minimum absolute atomic E-state index is 0.0432. The smallest absolute Gasteiger partial charge is 0.249 e. The minimum atomic E-state index is -2.62. The van der Waals surface area contributed by atoms with Crippen molar-refractivity contribution in [1.82, 2.24) is 9.80 Å². The second kappa shape index (κ2) is 7.01. The molecule has 4 rings (SSSR count). The van der Waals surface area contributed by atoms with Crippen molar-refractivity contribution in [2.24, 2.45) is 17.8 Å². The predicted molar refractivity (Wildman–Crippen MR) is 95.1 cm³/mol. The van der Waals surface area contributed by atoms with Crippen LogP contribution in [0.2, 0.25) is 0 Å². The van der Waals surface area contributed by atoms with Crippen molar-refractivity contribution in [3.05, 3.63) is 0 Å². The van der Waals surface area contributed by atoms with Gasteiger partial charge in [0.15, 0.2) is 0 Å². The van der Waals surface area contributed by atoms with Gasteiger partial charge in [-0.1, -0.05) is 12.8 Å². The quantitative estimate of drug-likeness (QED) is 0.745. The zero-order chi connectivity index (χ0) is 18.4. The molecule has 148 valence electrons. The molecule has 2 saturated heterocycles. The monoisotopic (exact) mass is 370 g/mol. The molecule has 2 heterocycles. The molecule has 0 bridgehead atoms. The molecule has 6 heteroatoms. The van der Waals surface area contributed by atoms with Gasteiger partial charge in [0.1, 0.15) is 0 Å². The van der Waals surface area contributed by atoms with Crippen LogP contribution in [0.4, 0.5) is 8.78 Å². The number of nitrogens with zero attached hydrogens (tertiary/aromatic N) is 2. The van der Waals surface area contributed by atoms with Crippen LogP contribution in [0.3, 0.4) is 0 Å². The number of piperidine rings is 1. The summed E-state index contributed by atoms with van der Waals surface area (Å²) in [6, 6.07) is 0. The lowest BCUT2D eigenvalue weighted by molar-refractivity contribution is -0.175. The standard InChI is InChI=1S/C20H32F2N2O2/c1-23-7-6-16(12-26-11-15-4-2-3-5-15)8-19(23)13-24(14-19)18(25)17-9-20(21,22)10-17/h15-17H,2-14H2,1H3/t16-/m1/s1. The van der Waals surface area contributed by atoms with Gasteiger partial charge in [-0.25, -0.2) is 8.78 Å². The zero-order valence-corrected chi connectivity index (χ0v) is 15.9. The fourth-order valence-corrected chi connectivity index (χ4v) is 5.41. The van der Waals surface area contributed by atoms with Gasteiger partial charge in [0, 0.05) is 45.1 Å². The van der Waals surface area contributed by atoms with Gasteiger partial charge >= 0.3 is 0 Å². The average Bonchev–Trinajstić information content (AvgIpc) is 3.05. The molecule has 0 aromatic carbocycles. The molecule has 0 N–H and O–H groups in total. The first-order valence-electron chi connectivity index (χ1n) is 10.3. The van der Waals surface area contributed by atoms with Crippen LogP contribution < -0.4 is 0 Å². The van der Waals surface area contributed by atoms with Gasteiger partial charge in [0.25, 0.3) is 0 Å². The van der Waals surface area contributed by atoms with E-state index in [9.17, 15) is 13.6 Å². The molecule has 2 aliphatic heterocycles. The topological polar surface area (TPSA) is 32.8 Å². The van der Waals surface area contributed by atoms with E-state index in [1.807, 2.05) is 0 Å². The Bertz CT molecular complexity index is 522. The molecular formula is C20H32F2N2O2. The van der Waals surface area contributed by atoms with Gasteiger partial charge in [-0.2, -0.15) is 0 Å². The largest absolute Gasteiger partial charge is 0.381 e. The van der Waals surface area contributed by atoms with E-state index in [0.29, 0.717) is 19.0 Å². The van der Waals surface area contributed by atoms with Crippen LogP contribution in [0.15, 0.2) is 0 Å². The molecule has 1 amide bonds. The Hall–Kier alpha value is -0.750. The van der Waals surface area contributed by atoms with Crippen LogP contribution in [0.1, 0.15) is 51.4 Å². The van der Waals surface area contributed by atoms with Crippen LogP contribution in [0.25, 0.3) is 0 Å². The van der Waals surface area contributed by atoms with E-state index in [0.717, 1.165) is 38.5 Å². The number of amides is 1. The fourth-order valence-electron chi connectivity index (χ4n) is 5.41. The lowest BCUT2D eigenvalue weighted by Crippen LogP contribution is -2.73. The highest BCUT2D eigenvalue weighted by Gasteiger charge is 2.55. The molecule has 1 atom stereocenters. The van der Waals surface area contributed by atoms with Crippen molar-refractivity contribution in [3.63, 3.8) is 0 Å². The maximum atomic E-state index is 13.0. The zero-order valence-electron chi connectivity index (χ0n) is 15.9. The molecule has 2 aliphatic carbocycles. The van der Waals surface area contributed by atoms with Crippen molar-refractivity contribution in [3.8, 4) is 0 Å². The molecule has 1 spiro atoms. The molecule has 26 heavy (non-hydrogen) atoms. The van der Waals surface area contributed by atoms with Gasteiger partial charge < -0.3 is 9.64 Å². The number of hydrogen-bond donors (Lipinski definition) is 0. The highest BCUT2D eigenvalue weighted by molar-refractivity contribution is 5.81. The molecule has 0 aromatic heterocycles. The summed E-state index contributed by atoms with van der Waals surface area (Å²) in [7, 11) is 2.13. The van der Waals surface area contributed by atoms with Crippen molar-refractivity contribution in [2.45, 2.75) is 62.8 Å². The number of carbonyl (C=O) groups is 1. The number of hydrogen-bond acceptors (Lipinski definition) is 3. The van der Waals surface area contributed by atoms with E-state index >= 15 is 0 Å². The number of carbonyl (C=O) groups excluding carboxylic acids is 1. The van der Waals surface area contributed by atoms with Crippen LogP contribution in [0, 0.1) is 17.8 Å². The number of rotatable bonds is 5. The van der Waals surface area contributed by atoms with Crippen LogP contribution in [-0.4, -0.2) is 67.1 Å². The van der Waals surface area contributed by atoms with Crippen LogP contribution in [0.5, 0.6) is 0 Å². The summed E-state index contributed by atoms with van der Waals surface area (Å²) in [6.45, 7) is 4.16. The Morgan fingerprint density at radius 1 is 1.04 bits per heavy atom. The van der Waals surface area contributed by atoms with E-state index in [1.54, 1.807) is 4.90 Å². The third kappa shape index (κ3) is 3.64. The predicted octanol–water partition coefficient (Wildman–Crippen LogP) is 3.16. The maximum Gasteiger partial charge on any atom is 0.249 e. The van der Waals surface area contributed by atoms with Crippen LogP contribution >= 0.6 is 0 Å². The number of likely N-dealkylation sites (tertiary alicyclic amines) is 2. The summed E-state index contributed by atoms with van der Waals surface area (Å²) < 4.78 is 32.1. The SMILES string of the molecule is CN1CC[C@@H](COCC2CCCC2)CC12CN(C(=O)C1CC(F)(F)C1)C2. The number of likely N-dealkylation sites (N-methyl/N-ethyl adjacent to an activating group) is 1. The van der Waals surface area contributed by atoms with Crippen molar-refractivity contribution in [2.75, 3.05) is 39.9 Å². The first kappa shape index (κ1) is 18.6. The van der Waals surface area contributed by atoms with Gasteiger partial charge in [0.2, 0.25) is 11.8 Å².